The molecule has 2 N–H and O–H groups in total. The fourth-order valence-electron chi connectivity index (χ4n) is 3.08. The molecule has 6 nitrogen and oxygen atoms in total. The minimum Gasteiger partial charge on any atom is -0.357 e. The smallest absolute Gasteiger partial charge is 0.317 e. The predicted molar refractivity (Wildman–Crippen MR) is 79.1 cm³/mol. The quantitative estimate of drug-likeness (QED) is 0.865. The highest BCUT2D eigenvalue weighted by atomic mass is 16.2. The minimum atomic E-state index is 0.0100. The van der Waals surface area contributed by atoms with Crippen LogP contribution in [0.4, 0.5) is 4.79 Å². The number of nitrogens with zero attached hydrogens (tertiary/aromatic N) is 2. The van der Waals surface area contributed by atoms with Crippen molar-refractivity contribution in [1.82, 2.24) is 20.1 Å². The third kappa shape index (κ3) is 3.20. The number of carbonyl (C=O) groups excluding carboxylic acids is 2. The van der Waals surface area contributed by atoms with Crippen molar-refractivity contribution in [3.05, 3.63) is 24.0 Å². The van der Waals surface area contributed by atoms with Crippen LogP contribution >= 0.6 is 0 Å². The van der Waals surface area contributed by atoms with Crippen LogP contribution in [-0.4, -0.2) is 58.9 Å². The highest BCUT2D eigenvalue weighted by Crippen LogP contribution is 2.18. The Hall–Kier alpha value is -1.98. The number of H-pyrrole nitrogens is 1. The van der Waals surface area contributed by atoms with E-state index in [1.807, 2.05) is 11.0 Å². The van der Waals surface area contributed by atoms with Gasteiger partial charge < -0.3 is 20.1 Å². The average Bonchev–Trinajstić information content (AvgIpc) is 3.20. The van der Waals surface area contributed by atoms with Crippen molar-refractivity contribution in [2.75, 3.05) is 26.2 Å². The van der Waals surface area contributed by atoms with Crippen LogP contribution in [-0.2, 0) is 0 Å². The SMILES string of the molecule is O=C(NC1CCCC1)N1CCN(C(=O)c2ccc[nH]2)CC1. The molecule has 0 spiro atoms. The van der Waals surface area contributed by atoms with E-state index in [0.29, 0.717) is 37.9 Å². The van der Waals surface area contributed by atoms with Crippen molar-refractivity contribution in [2.24, 2.45) is 0 Å². The number of aromatic amines is 1. The first kappa shape index (κ1) is 14.0. The first-order valence-corrected chi connectivity index (χ1v) is 7.72. The zero-order valence-corrected chi connectivity index (χ0v) is 12.2. The van der Waals surface area contributed by atoms with Gasteiger partial charge in [0.15, 0.2) is 0 Å². The lowest BCUT2D eigenvalue weighted by molar-refractivity contribution is 0.0658. The molecule has 3 amide bonds. The molecule has 6 heteroatoms. The van der Waals surface area contributed by atoms with Gasteiger partial charge in [0.05, 0.1) is 0 Å². The van der Waals surface area contributed by atoms with Gasteiger partial charge in [-0.1, -0.05) is 12.8 Å². The molecule has 1 saturated carbocycles. The topological polar surface area (TPSA) is 68.4 Å². The van der Waals surface area contributed by atoms with E-state index >= 15 is 0 Å². The lowest BCUT2D eigenvalue weighted by Crippen LogP contribution is -2.54. The second-order valence-corrected chi connectivity index (χ2v) is 5.79. The summed E-state index contributed by atoms with van der Waals surface area (Å²) < 4.78 is 0. The van der Waals surface area contributed by atoms with Crippen molar-refractivity contribution in [3.8, 4) is 0 Å². The normalized spacial score (nSPS) is 19.8. The highest BCUT2D eigenvalue weighted by molar-refractivity contribution is 5.92. The number of piperazine rings is 1. The van der Waals surface area contributed by atoms with Crippen molar-refractivity contribution in [2.45, 2.75) is 31.7 Å². The van der Waals surface area contributed by atoms with Crippen LogP contribution < -0.4 is 5.32 Å². The van der Waals surface area contributed by atoms with Gasteiger partial charge in [0, 0.05) is 38.4 Å². The Morgan fingerprint density at radius 1 is 1.10 bits per heavy atom. The van der Waals surface area contributed by atoms with E-state index < -0.39 is 0 Å². The molecule has 3 rings (SSSR count). The van der Waals surface area contributed by atoms with E-state index in [9.17, 15) is 9.59 Å². The molecule has 0 aromatic carbocycles. The number of rotatable bonds is 2. The van der Waals surface area contributed by atoms with Gasteiger partial charge in [0.25, 0.3) is 5.91 Å². The minimum absolute atomic E-state index is 0.0100. The van der Waals surface area contributed by atoms with Crippen LogP contribution in [0.25, 0.3) is 0 Å². The molecule has 0 unspecified atom stereocenters. The maximum absolute atomic E-state index is 12.2. The Bertz CT molecular complexity index is 486. The highest BCUT2D eigenvalue weighted by Gasteiger charge is 2.26. The maximum atomic E-state index is 12.2. The van der Waals surface area contributed by atoms with E-state index in [1.165, 1.54) is 12.8 Å². The summed E-state index contributed by atoms with van der Waals surface area (Å²) in [4.78, 5) is 30.9. The second-order valence-electron chi connectivity index (χ2n) is 5.79. The molecule has 1 aromatic rings. The van der Waals surface area contributed by atoms with Crippen LogP contribution in [0.15, 0.2) is 18.3 Å². The molecule has 21 heavy (non-hydrogen) atoms. The van der Waals surface area contributed by atoms with Gasteiger partial charge in [-0.15, -0.1) is 0 Å². The van der Waals surface area contributed by atoms with Gasteiger partial charge in [0.2, 0.25) is 0 Å². The lowest BCUT2D eigenvalue weighted by atomic mass is 10.2. The summed E-state index contributed by atoms with van der Waals surface area (Å²) in [6.45, 7) is 2.39. The fraction of sp³-hybridized carbons (Fsp3) is 0.600. The van der Waals surface area contributed by atoms with E-state index in [4.69, 9.17) is 0 Å². The molecular formula is C15H22N4O2. The number of carbonyl (C=O) groups is 2. The van der Waals surface area contributed by atoms with Crippen molar-refractivity contribution in [3.63, 3.8) is 0 Å². The largest absolute Gasteiger partial charge is 0.357 e. The molecule has 0 atom stereocenters. The molecule has 2 fully saturated rings. The average molecular weight is 290 g/mol. The molecule has 1 aromatic heterocycles. The number of hydrogen-bond donors (Lipinski definition) is 2. The Morgan fingerprint density at radius 2 is 1.76 bits per heavy atom. The van der Waals surface area contributed by atoms with Gasteiger partial charge >= 0.3 is 6.03 Å². The van der Waals surface area contributed by atoms with Crippen LogP contribution in [0.1, 0.15) is 36.2 Å². The summed E-state index contributed by atoms with van der Waals surface area (Å²) in [5.41, 5.74) is 0.610. The zero-order valence-electron chi connectivity index (χ0n) is 12.2. The first-order chi connectivity index (χ1) is 10.2. The predicted octanol–water partition coefficient (Wildman–Crippen LogP) is 1.42. The summed E-state index contributed by atoms with van der Waals surface area (Å²) in [6, 6.07) is 3.96. The Morgan fingerprint density at radius 3 is 2.38 bits per heavy atom. The number of hydrogen-bond acceptors (Lipinski definition) is 2. The molecular weight excluding hydrogens is 268 g/mol. The van der Waals surface area contributed by atoms with Crippen molar-refractivity contribution >= 4 is 11.9 Å². The van der Waals surface area contributed by atoms with Gasteiger partial charge in [-0.2, -0.15) is 0 Å². The maximum Gasteiger partial charge on any atom is 0.317 e. The Kier molecular flexibility index (Phi) is 4.13. The van der Waals surface area contributed by atoms with Crippen LogP contribution in [0.5, 0.6) is 0 Å². The van der Waals surface area contributed by atoms with E-state index in [2.05, 4.69) is 10.3 Å². The van der Waals surface area contributed by atoms with Crippen LogP contribution in [0.3, 0.4) is 0 Å². The second kappa shape index (κ2) is 6.20. The molecule has 0 radical (unpaired) electrons. The summed E-state index contributed by atoms with van der Waals surface area (Å²) in [5, 5.41) is 3.10. The molecule has 1 aliphatic heterocycles. The number of nitrogens with one attached hydrogen (secondary N) is 2. The summed E-state index contributed by atoms with van der Waals surface area (Å²) >= 11 is 0. The number of amides is 3. The summed E-state index contributed by atoms with van der Waals surface area (Å²) in [6.07, 6.45) is 6.36. The molecule has 1 saturated heterocycles. The van der Waals surface area contributed by atoms with E-state index in [0.717, 1.165) is 12.8 Å². The van der Waals surface area contributed by atoms with Gasteiger partial charge in [-0.05, 0) is 25.0 Å². The van der Waals surface area contributed by atoms with E-state index in [1.54, 1.807) is 17.2 Å². The van der Waals surface area contributed by atoms with Gasteiger partial charge in [-0.3, -0.25) is 4.79 Å². The first-order valence-electron chi connectivity index (χ1n) is 7.72. The Labute approximate surface area is 124 Å². The number of urea groups is 1. The monoisotopic (exact) mass is 290 g/mol. The van der Waals surface area contributed by atoms with Crippen LogP contribution in [0.2, 0.25) is 0 Å². The summed E-state index contributed by atoms with van der Waals surface area (Å²) in [7, 11) is 0. The van der Waals surface area contributed by atoms with Gasteiger partial charge in [-0.25, -0.2) is 4.79 Å². The Balaban J connectivity index is 1.48. The zero-order chi connectivity index (χ0) is 14.7. The molecule has 0 bridgehead atoms. The molecule has 2 aliphatic rings. The van der Waals surface area contributed by atoms with Crippen LogP contribution in [0, 0.1) is 0 Å². The van der Waals surface area contributed by atoms with E-state index in [-0.39, 0.29) is 11.9 Å². The van der Waals surface area contributed by atoms with Crippen molar-refractivity contribution in [1.29, 1.82) is 0 Å². The molecule has 1 aliphatic carbocycles. The third-order valence-electron chi connectivity index (χ3n) is 4.37. The third-order valence-corrected chi connectivity index (χ3v) is 4.37. The van der Waals surface area contributed by atoms with Gasteiger partial charge in [0.1, 0.15) is 5.69 Å². The fourth-order valence-corrected chi connectivity index (χ4v) is 3.08. The lowest BCUT2D eigenvalue weighted by Gasteiger charge is -2.35. The summed E-state index contributed by atoms with van der Waals surface area (Å²) in [5.74, 6) is 0.0100. The van der Waals surface area contributed by atoms with Crippen molar-refractivity contribution < 1.29 is 9.59 Å². The standard InChI is InChI=1S/C15H22N4O2/c20-14(13-6-3-7-16-13)18-8-10-19(11-9-18)15(21)17-12-4-1-2-5-12/h3,6-7,12,16H,1-2,4-5,8-11H2,(H,17,21). The molecule has 2 heterocycles. The molecule has 114 valence electrons. The number of aromatic nitrogens is 1.